The second kappa shape index (κ2) is 8.09. The van der Waals surface area contributed by atoms with Gasteiger partial charge < -0.3 is 4.74 Å². The molecule has 0 aromatic heterocycles. The molecule has 6 heteroatoms. The van der Waals surface area contributed by atoms with Crippen LogP contribution in [-0.4, -0.2) is 41.1 Å². The lowest BCUT2D eigenvalue weighted by Crippen LogP contribution is -2.44. The summed E-state index contributed by atoms with van der Waals surface area (Å²) < 4.78 is 5.19. The quantitative estimate of drug-likeness (QED) is 0.434. The lowest BCUT2D eigenvalue weighted by Gasteiger charge is -2.21. The first kappa shape index (κ1) is 19.8. The summed E-state index contributed by atoms with van der Waals surface area (Å²) >= 11 is 0. The number of amides is 2. The fourth-order valence-corrected chi connectivity index (χ4v) is 4.92. The van der Waals surface area contributed by atoms with Crippen LogP contribution in [0.1, 0.15) is 66.9 Å². The van der Waals surface area contributed by atoms with Crippen molar-refractivity contribution in [1.29, 1.82) is 0 Å². The van der Waals surface area contributed by atoms with Gasteiger partial charge in [0.2, 0.25) is 11.8 Å². The molecule has 4 rings (SSSR count). The Labute approximate surface area is 170 Å². The number of ketones is 1. The van der Waals surface area contributed by atoms with Crippen LogP contribution in [0.3, 0.4) is 0 Å². The SMILES string of the molecule is C[C@@H](C(=O)OCC(=O)c1ccc2c(c1)CCCC2)N1C(=O)[C@H]2CCCC[C@H]2C1=O. The van der Waals surface area contributed by atoms with E-state index >= 15 is 0 Å². The number of rotatable bonds is 5. The van der Waals surface area contributed by atoms with E-state index in [0.717, 1.165) is 37.0 Å². The predicted molar refractivity (Wildman–Crippen MR) is 105 cm³/mol. The van der Waals surface area contributed by atoms with E-state index in [0.29, 0.717) is 18.4 Å². The summed E-state index contributed by atoms with van der Waals surface area (Å²) in [6.07, 6.45) is 7.56. The lowest BCUT2D eigenvalue weighted by molar-refractivity contribution is -0.157. The number of carbonyl (C=O) groups is 4. The first-order valence-corrected chi connectivity index (χ1v) is 10.7. The molecule has 1 aliphatic heterocycles. The molecule has 2 amide bonds. The zero-order valence-electron chi connectivity index (χ0n) is 16.8. The zero-order valence-corrected chi connectivity index (χ0v) is 16.8. The summed E-state index contributed by atoms with van der Waals surface area (Å²) in [4.78, 5) is 51.3. The molecule has 0 radical (unpaired) electrons. The number of nitrogens with zero attached hydrogens (tertiary/aromatic N) is 1. The van der Waals surface area contributed by atoms with Gasteiger partial charge in [0.05, 0.1) is 11.8 Å². The van der Waals surface area contributed by atoms with Crippen molar-refractivity contribution < 1.29 is 23.9 Å². The second-order valence-corrected chi connectivity index (χ2v) is 8.44. The molecule has 0 N–H and O–H groups in total. The third-order valence-electron chi connectivity index (χ3n) is 6.62. The van der Waals surface area contributed by atoms with Gasteiger partial charge in [-0.2, -0.15) is 0 Å². The molecule has 1 saturated heterocycles. The first-order valence-electron chi connectivity index (χ1n) is 10.7. The highest BCUT2D eigenvalue weighted by Crippen LogP contribution is 2.38. The highest BCUT2D eigenvalue weighted by molar-refractivity contribution is 6.08. The molecule has 2 aliphatic carbocycles. The Morgan fingerprint density at radius 3 is 2.28 bits per heavy atom. The molecule has 1 heterocycles. The Hall–Kier alpha value is -2.50. The number of hydrogen-bond donors (Lipinski definition) is 0. The predicted octanol–water partition coefficient (Wildman–Crippen LogP) is 2.86. The number of hydrogen-bond acceptors (Lipinski definition) is 5. The average molecular weight is 397 g/mol. The number of benzene rings is 1. The van der Waals surface area contributed by atoms with E-state index in [-0.39, 0.29) is 36.0 Å². The van der Waals surface area contributed by atoms with Crippen LogP contribution < -0.4 is 0 Å². The molecule has 0 unspecified atom stereocenters. The van der Waals surface area contributed by atoms with E-state index in [1.165, 1.54) is 24.5 Å². The highest BCUT2D eigenvalue weighted by atomic mass is 16.5. The Morgan fingerprint density at radius 1 is 1.00 bits per heavy atom. The maximum absolute atomic E-state index is 12.6. The van der Waals surface area contributed by atoms with Gasteiger partial charge in [0.25, 0.3) is 0 Å². The zero-order chi connectivity index (χ0) is 20.5. The number of aryl methyl sites for hydroxylation is 2. The maximum atomic E-state index is 12.6. The van der Waals surface area contributed by atoms with Crippen molar-refractivity contribution in [2.75, 3.05) is 6.61 Å². The summed E-state index contributed by atoms with van der Waals surface area (Å²) in [5.74, 6) is -2.13. The van der Waals surface area contributed by atoms with Crippen LogP contribution in [-0.2, 0) is 32.0 Å². The second-order valence-electron chi connectivity index (χ2n) is 8.44. The number of carbonyl (C=O) groups excluding carboxylic acids is 4. The van der Waals surface area contributed by atoms with Crippen molar-refractivity contribution >= 4 is 23.6 Å². The molecular weight excluding hydrogens is 370 g/mol. The van der Waals surface area contributed by atoms with Crippen molar-refractivity contribution in [3.63, 3.8) is 0 Å². The van der Waals surface area contributed by atoms with Crippen molar-refractivity contribution in [1.82, 2.24) is 4.90 Å². The Balaban J connectivity index is 1.37. The Bertz CT molecular complexity index is 837. The van der Waals surface area contributed by atoms with Gasteiger partial charge in [-0.1, -0.05) is 25.0 Å². The molecule has 154 valence electrons. The molecule has 3 atom stereocenters. The van der Waals surface area contributed by atoms with E-state index in [4.69, 9.17) is 4.74 Å². The molecule has 1 saturated carbocycles. The number of esters is 1. The van der Waals surface area contributed by atoms with Gasteiger partial charge >= 0.3 is 5.97 Å². The topological polar surface area (TPSA) is 80.8 Å². The normalized spacial score (nSPS) is 24.7. The van der Waals surface area contributed by atoms with Crippen LogP contribution in [0.2, 0.25) is 0 Å². The first-order chi connectivity index (χ1) is 14.0. The number of ether oxygens (including phenoxy) is 1. The number of imide groups is 1. The number of Topliss-reactive ketones (excluding diaryl/α,β-unsaturated/α-hetero) is 1. The van der Waals surface area contributed by atoms with Crippen LogP contribution >= 0.6 is 0 Å². The maximum Gasteiger partial charge on any atom is 0.329 e. The molecule has 0 bridgehead atoms. The van der Waals surface area contributed by atoms with Crippen molar-refractivity contribution in [3.05, 3.63) is 34.9 Å². The smallest absolute Gasteiger partial charge is 0.329 e. The van der Waals surface area contributed by atoms with Crippen molar-refractivity contribution in [2.24, 2.45) is 11.8 Å². The van der Waals surface area contributed by atoms with E-state index in [2.05, 4.69) is 0 Å². The molecule has 1 aromatic rings. The van der Waals surface area contributed by atoms with Crippen LogP contribution in [0.25, 0.3) is 0 Å². The minimum absolute atomic E-state index is 0.272. The van der Waals surface area contributed by atoms with E-state index in [1.54, 1.807) is 6.07 Å². The molecule has 1 aromatic carbocycles. The van der Waals surface area contributed by atoms with Crippen LogP contribution in [0, 0.1) is 11.8 Å². The van der Waals surface area contributed by atoms with E-state index in [1.807, 2.05) is 12.1 Å². The van der Waals surface area contributed by atoms with Gasteiger partial charge in [0.15, 0.2) is 12.4 Å². The highest BCUT2D eigenvalue weighted by Gasteiger charge is 2.51. The Kier molecular flexibility index (Phi) is 5.52. The van der Waals surface area contributed by atoms with Gasteiger partial charge in [-0.3, -0.25) is 19.3 Å². The van der Waals surface area contributed by atoms with Crippen LogP contribution in [0.4, 0.5) is 0 Å². The number of fused-ring (bicyclic) bond motifs is 2. The monoisotopic (exact) mass is 397 g/mol. The minimum atomic E-state index is -1.00. The average Bonchev–Trinajstić information content (AvgIpc) is 3.01. The standard InChI is InChI=1S/C23H27NO5/c1-14(24-21(26)18-8-4-5-9-19(18)22(24)27)23(28)29-13-20(25)17-11-10-15-6-2-3-7-16(15)12-17/h10-12,14,18-19H,2-9,13H2,1H3/t14-,18-,19+/m0/s1. The van der Waals surface area contributed by atoms with Gasteiger partial charge in [-0.25, -0.2) is 4.79 Å². The summed E-state index contributed by atoms with van der Waals surface area (Å²) in [6.45, 7) is 1.11. The summed E-state index contributed by atoms with van der Waals surface area (Å²) in [6, 6.07) is 4.65. The summed E-state index contributed by atoms with van der Waals surface area (Å²) in [5, 5.41) is 0. The van der Waals surface area contributed by atoms with Gasteiger partial charge in [0.1, 0.15) is 6.04 Å². The van der Waals surface area contributed by atoms with Gasteiger partial charge in [0, 0.05) is 5.56 Å². The summed E-state index contributed by atoms with van der Waals surface area (Å²) in [7, 11) is 0. The van der Waals surface area contributed by atoms with Crippen LogP contribution in [0.5, 0.6) is 0 Å². The van der Waals surface area contributed by atoms with Gasteiger partial charge in [-0.05, 0) is 62.6 Å². The molecule has 2 fully saturated rings. The lowest BCUT2D eigenvalue weighted by atomic mass is 9.81. The molecular formula is C23H27NO5. The molecule has 6 nitrogen and oxygen atoms in total. The van der Waals surface area contributed by atoms with Crippen molar-refractivity contribution in [3.8, 4) is 0 Å². The molecule has 0 spiro atoms. The third-order valence-corrected chi connectivity index (χ3v) is 6.62. The van der Waals surface area contributed by atoms with E-state index in [9.17, 15) is 19.2 Å². The van der Waals surface area contributed by atoms with Gasteiger partial charge in [-0.15, -0.1) is 0 Å². The third kappa shape index (κ3) is 3.72. The van der Waals surface area contributed by atoms with Crippen LogP contribution in [0.15, 0.2) is 18.2 Å². The fourth-order valence-electron chi connectivity index (χ4n) is 4.92. The van der Waals surface area contributed by atoms with Crippen molar-refractivity contribution in [2.45, 2.75) is 64.3 Å². The minimum Gasteiger partial charge on any atom is -0.456 e. The fraction of sp³-hybridized carbons (Fsp3) is 0.565. The largest absolute Gasteiger partial charge is 0.456 e. The van der Waals surface area contributed by atoms with E-state index < -0.39 is 12.0 Å². The Morgan fingerprint density at radius 2 is 1.62 bits per heavy atom. The molecule has 3 aliphatic rings. The number of likely N-dealkylation sites (tertiary alicyclic amines) is 1. The summed E-state index contributed by atoms with van der Waals surface area (Å²) in [5.41, 5.74) is 3.01. The molecule has 29 heavy (non-hydrogen) atoms.